The van der Waals surface area contributed by atoms with Gasteiger partial charge in [-0.1, -0.05) is 12.1 Å². The Hall–Kier alpha value is -2.51. The van der Waals surface area contributed by atoms with Crippen molar-refractivity contribution in [3.05, 3.63) is 54.1 Å². The minimum absolute atomic E-state index is 0.0571. The van der Waals surface area contributed by atoms with Gasteiger partial charge in [-0.2, -0.15) is 0 Å². The topological polar surface area (TPSA) is 93.5 Å². The minimum atomic E-state index is -0.224. The van der Waals surface area contributed by atoms with E-state index < -0.39 is 0 Å². The molecule has 0 aliphatic rings. The zero-order valence-electron chi connectivity index (χ0n) is 15.5. The number of hydrogen-bond acceptors (Lipinski definition) is 5. The van der Waals surface area contributed by atoms with E-state index in [1.807, 2.05) is 26.0 Å². The molecule has 0 aromatic heterocycles. The molecule has 0 aliphatic heterocycles. The lowest BCUT2D eigenvalue weighted by Crippen LogP contribution is -2.31. The number of benzene rings is 2. The summed E-state index contributed by atoms with van der Waals surface area (Å²) in [6.07, 6.45) is 0. The number of nitrogens with two attached hydrogens (primary N) is 1. The zero-order chi connectivity index (χ0) is 19.6. The maximum Gasteiger partial charge on any atom is 0.256 e. The first-order chi connectivity index (χ1) is 13.0. The second-order valence-corrected chi connectivity index (χ2v) is 7.14. The van der Waals surface area contributed by atoms with Crippen LogP contribution in [0.5, 0.6) is 5.75 Å². The van der Waals surface area contributed by atoms with Gasteiger partial charge >= 0.3 is 0 Å². The molecular formula is C20H25N3O3S. The SMILES string of the molecule is CC(C)NC(=O)CSc1ccccc1C(=O)Nc1ccc(OCCN)cc1. The smallest absolute Gasteiger partial charge is 0.256 e. The van der Waals surface area contributed by atoms with Crippen LogP contribution in [-0.4, -0.2) is 36.8 Å². The van der Waals surface area contributed by atoms with Crippen LogP contribution in [0.1, 0.15) is 24.2 Å². The van der Waals surface area contributed by atoms with Crippen molar-refractivity contribution in [1.29, 1.82) is 0 Å². The lowest BCUT2D eigenvalue weighted by Gasteiger charge is -2.11. The first kappa shape index (κ1) is 20.8. The van der Waals surface area contributed by atoms with Crippen LogP contribution in [0.2, 0.25) is 0 Å². The molecule has 0 atom stereocenters. The number of ether oxygens (including phenoxy) is 1. The summed E-state index contributed by atoms with van der Waals surface area (Å²) in [5.74, 6) is 0.678. The molecule has 0 saturated carbocycles. The molecule has 2 aromatic carbocycles. The lowest BCUT2D eigenvalue weighted by molar-refractivity contribution is -0.119. The van der Waals surface area contributed by atoms with Crippen molar-refractivity contribution in [1.82, 2.24) is 5.32 Å². The number of rotatable bonds is 9. The highest BCUT2D eigenvalue weighted by molar-refractivity contribution is 8.00. The summed E-state index contributed by atoms with van der Waals surface area (Å²) >= 11 is 1.34. The number of anilines is 1. The van der Waals surface area contributed by atoms with Gasteiger partial charge in [0.15, 0.2) is 0 Å². The van der Waals surface area contributed by atoms with Crippen molar-refractivity contribution in [3.63, 3.8) is 0 Å². The summed E-state index contributed by atoms with van der Waals surface area (Å²) in [5, 5.41) is 5.71. The Morgan fingerprint density at radius 3 is 2.48 bits per heavy atom. The molecule has 7 heteroatoms. The first-order valence-corrected chi connectivity index (χ1v) is 9.73. The predicted molar refractivity (Wildman–Crippen MR) is 109 cm³/mol. The molecule has 0 spiro atoms. The first-order valence-electron chi connectivity index (χ1n) is 8.75. The second-order valence-electron chi connectivity index (χ2n) is 6.12. The van der Waals surface area contributed by atoms with Crippen LogP contribution < -0.4 is 21.1 Å². The average molecular weight is 388 g/mol. The fraction of sp³-hybridized carbons (Fsp3) is 0.300. The van der Waals surface area contributed by atoms with Gasteiger partial charge in [-0.15, -0.1) is 11.8 Å². The average Bonchev–Trinajstić information content (AvgIpc) is 2.65. The molecule has 0 bridgehead atoms. The van der Waals surface area contributed by atoms with Crippen molar-refractivity contribution in [2.24, 2.45) is 5.73 Å². The third kappa shape index (κ3) is 6.96. The van der Waals surface area contributed by atoms with E-state index in [4.69, 9.17) is 10.5 Å². The summed E-state index contributed by atoms with van der Waals surface area (Å²) in [5.41, 5.74) is 6.60. The number of carbonyl (C=O) groups excluding carboxylic acids is 2. The van der Waals surface area contributed by atoms with Gasteiger partial charge in [-0.05, 0) is 50.2 Å². The number of hydrogen-bond donors (Lipinski definition) is 3. The molecule has 144 valence electrons. The largest absolute Gasteiger partial charge is 0.492 e. The molecule has 0 heterocycles. The molecule has 0 fully saturated rings. The molecule has 2 amide bonds. The molecule has 4 N–H and O–H groups in total. The molecular weight excluding hydrogens is 362 g/mol. The predicted octanol–water partition coefficient (Wildman–Crippen LogP) is 2.89. The molecule has 2 aromatic rings. The third-order valence-electron chi connectivity index (χ3n) is 3.44. The van der Waals surface area contributed by atoms with Gasteiger partial charge in [0.2, 0.25) is 5.91 Å². The Bertz CT molecular complexity index is 763. The van der Waals surface area contributed by atoms with E-state index in [0.29, 0.717) is 30.2 Å². The van der Waals surface area contributed by atoms with Crippen LogP contribution in [-0.2, 0) is 4.79 Å². The van der Waals surface area contributed by atoms with E-state index in [0.717, 1.165) is 4.90 Å². The molecule has 0 aliphatic carbocycles. The van der Waals surface area contributed by atoms with E-state index in [1.54, 1.807) is 36.4 Å². The number of carbonyl (C=O) groups is 2. The molecule has 2 rings (SSSR count). The number of thioether (sulfide) groups is 1. The fourth-order valence-electron chi connectivity index (χ4n) is 2.30. The monoisotopic (exact) mass is 387 g/mol. The van der Waals surface area contributed by atoms with Crippen molar-refractivity contribution in [2.45, 2.75) is 24.8 Å². The zero-order valence-corrected chi connectivity index (χ0v) is 16.3. The van der Waals surface area contributed by atoms with Crippen molar-refractivity contribution < 1.29 is 14.3 Å². The minimum Gasteiger partial charge on any atom is -0.492 e. The Kier molecular flexibility index (Phi) is 8.16. The van der Waals surface area contributed by atoms with Gasteiger partial charge in [-0.25, -0.2) is 0 Å². The van der Waals surface area contributed by atoms with Crippen LogP contribution in [0.4, 0.5) is 5.69 Å². The molecule has 27 heavy (non-hydrogen) atoms. The summed E-state index contributed by atoms with van der Waals surface area (Å²) in [7, 11) is 0. The van der Waals surface area contributed by atoms with Crippen LogP contribution in [0.15, 0.2) is 53.4 Å². The van der Waals surface area contributed by atoms with Gasteiger partial charge in [0.05, 0.1) is 11.3 Å². The molecule has 0 unspecified atom stereocenters. The van der Waals surface area contributed by atoms with Gasteiger partial charge in [0.25, 0.3) is 5.91 Å². The Labute approximate surface area is 163 Å². The number of amides is 2. The van der Waals surface area contributed by atoms with Gasteiger partial charge < -0.3 is 21.1 Å². The van der Waals surface area contributed by atoms with Crippen LogP contribution in [0.3, 0.4) is 0 Å². The Morgan fingerprint density at radius 1 is 1.11 bits per heavy atom. The van der Waals surface area contributed by atoms with Crippen LogP contribution in [0, 0.1) is 0 Å². The summed E-state index contributed by atoms with van der Waals surface area (Å²) in [6.45, 7) is 4.72. The van der Waals surface area contributed by atoms with Crippen molar-refractivity contribution in [3.8, 4) is 5.75 Å². The second kappa shape index (κ2) is 10.6. The molecule has 6 nitrogen and oxygen atoms in total. The summed E-state index contributed by atoms with van der Waals surface area (Å²) in [4.78, 5) is 25.3. The molecule has 0 saturated heterocycles. The van der Waals surface area contributed by atoms with E-state index in [2.05, 4.69) is 10.6 Å². The molecule has 0 radical (unpaired) electrons. The Morgan fingerprint density at radius 2 is 1.81 bits per heavy atom. The third-order valence-corrected chi connectivity index (χ3v) is 4.51. The highest BCUT2D eigenvalue weighted by Gasteiger charge is 2.13. The van der Waals surface area contributed by atoms with Crippen molar-refractivity contribution >= 4 is 29.3 Å². The highest BCUT2D eigenvalue weighted by Crippen LogP contribution is 2.24. The summed E-state index contributed by atoms with van der Waals surface area (Å²) in [6, 6.07) is 14.4. The van der Waals surface area contributed by atoms with Gasteiger partial charge in [-0.3, -0.25) is 9.59 Å². The van der Waals surface area contributed by atoms with E-state index in [9.17, 15) is 9.59 Å². The summed E-state index contributed by atoms with van der Waals surface area (Å²) < 4.78 is 5.42. The number of nitrogens with one attached hydrogen (secondary N) is 2. The quantitative estimate of drug-likeness (QED) is 0.575. The van der Waals surface area contributed by atoms with Crippen LogP contribution in [0.25, 0.3) is 0 Å². The van der Waals surface area contributed by atoms with Crippen molar-refractivity contribution in [2.75, 3.05) is 24.2 Å². The lowest BCUT2D eigenvalue weighted by atomic mass is 10.2. The van der Waals surface area contributed by atoms with E-state index >= 15 is 0 Å². The maximum atomic E-state index is 12.6. The van der Waals surface area contributed by atoms with E-state index in [1.165, 1.54) is 11.8 Å². The fourth-order valence-corrected chi connectivity index (χ4v) is 3.16. The standard InChI is InChI=1S/C20H25N3O3S/c1-14(2)22-19(24)13-27-18-6-4-3-5-17(18)20(25)23-15-7-9-16(10-8-15)26-12-11-21/h3-10,14H,11-13,21H2,1-2H3,(H,22,24)(H,23,25). The van der Waals surface area contributed by atoms with E-state index in [-0.39, 0.29) is 23.6 Å². The Balaban J connectivity index is 2.00. The van der Waals surface area contributed by atoms with Crippen LogP contribution >= 0.6 is 11.8 Å². The normalized spacial score (nSPS) is 10.5. The van der Waals surface area contributed by atoms with Gasteiger partial charge in [0, 0.05) is 23.2 Å². The maximum absolute atomic E-state index is 12.6. The highest BCUT2D eigenvalue weighted by atomic mass is 32.2. The van der Waals surface area contributed by atoms with Gasteiger partial charge in [0.1, 0.15) is 12.4 Å².